The van der Waals surface area contributed by atoms with Crippen LogP contribution in [0.1, 0.15) is 18.4 Å². The molecule has 0 saturated carbocycles. The quantitative estimate of drug-likeness (QED) is 0.392. The predicted octanol–water partition coefficient (Wildman–Crippen LogP) is 5.92. The summed E-state index contributed by atoms with van der Waals surface area (Å²) in [6.07, 6.45) is -2.49. The number of hydrogen-bond donors (Lipinski definition) is 1. The maximum Gasteiger partial charge on any atom is 0.416 e. The highest BCUT2D eigenvalue weighted by molar-refractivity contribution is 5.67. The van der Waals surface area contributed by atoms with Gasteiger partial charge < -0.3 is 10.2 Å². The van der Waals surface area contributed by atoms with E-state index in [1.54, 1.807) is 17.1 Å². The number of aldehydes is 1. The number of rotatable bonds is 5. The number of hydrazine groups is 2. The molecule has 1 heterocycles. The van der Waals surface area contributed by atoms with Crippen LogP contribution in [0, 0.1) is 5.82 Å². The number of anilines is 2. The first-order chi connectivity index (χ1) is 15.4. The van der Waals surface area contributed by atoms with E-state index in [0.29, 0.717) is 25.1 Å². The number of halogens is 4. The molecule has 0 aromatic heterocycles. The highest BCUT2D eigenvalue weighted by Crippen LogP contribution is 2.32. The number of benzene rings is 3. The molecule has 4 rings (SSSR count). The minimum absolute atomic E-state index is 0.274. The molecule has 1 N–H and O–H groups in total. The Hall–Kier alpha value is -3.39. The number of carbonyl (C=O) groups excluding carboxylic acids is 1. The molecule has 0 amide bonds. The molecule has 1 unspecified atom stereocenters. The SMILES string of the molecule is O=CC1CCCN(c2ccc(-c3ccccc3)cc2F)N1Nc1ccc(C(F)(F)F)cc1. The Morgan fingerprint density at radius 1 is 0.938 bits per heavy atom. The Balaban J connectivity index is 1.62. The maximum absolute atomic E-state index is 15.1. The molecule has 0 aliphatic carbocycles. The lowest BCUT2D eigenvalue weighted by molar-refractivity contribution is -0.137. The van der Waals surface area contributed by atoms with Crippen LogP contribution in [0.25, 0.3) is 11.1 Å². The summed E-state index contributed by atoms with van der Waals surface area (Å²) in [4.78, 5) is 11.7. The molecule has 4 nitrogen and oxygen atoms in total. The average Bonchev–Trinajstić information content (AvgIpc) is 2.80. The van der Waals surface area contributed by atoms with Crippen molar-refractivity contribution in [1.82, 2.24) is 5.12 Å². The molecular weight excluding hydrogens is 422 g/mol. The van der Waals surface area contributed by atoms with Crippen LogP contribution in [0.3, 0.4) is 0 Å². The van der Waals surface area contributed by atoms with Crippen LogP contribution < -0.4 is 10.4 Å². The molecule has 166 valence electrons. The summed E-state index contributed by atoms with van der Waals surface area (Å²) in [7, 11) is 0. The second-order valence-electron chi connectivity index (χ2n) is 7.53. The minimum atomic E-state index is -4.44. The molecule has 1 atom stereocenters. The Bertz CT molecular complexity index is 1070. The zero-order valence-corrected chi connectivity index (χ0v) is 17.0. The van der Waals surface area contributed by atoms with Gasteiger partial charge in [0.05, 0.1) is 16.9 Å². The van der Waals surface area contributed by atoms with Gasteiger partial charge in [-0.3, -0.25) is 5.01 Å². The summed E-state index contributed by atoms with van der Waals surface area (Å²) in [5.41, 5.74) is 4.44. The fourth-order valence-corrected chi connectivity index (χ4v) is 3.76. The third-order valence-electron chi connectivity index (χ3n) is 5.39. The van der Waals surface area contributed by atoms with Crippen molar-refractivity contribution in [1.29, 1.82) is 0 Å². The Morgan fingerprint density at radius 2 is 1.66 bits per heavy atom. The normalized spacial score (nSPS) is 17.2. The van der Waals surface area contributed by atoms with E-state index in [1.165, 1.54) is 23.3 Å². The Labute approximate surface area is 183 Å². The molecule has 3 aromatic rings. The largest absolute Gasteiger partial charge is 0.416 e. The van der Waals surface area contributed by atoms with Crippen molar-refractivity contribution >= 4 is 17.7 Å². The highest BCUT2D eigenvalue weighted by Gasteiger charge is 2.32. The predicted molar refractivity (Wildman–Crippen MR) is 115 cm³/mol. The molecule has 32 heavy (non-hydrogen) atoms. The number of nitrogens with one attached hydrogen (secondary N) is 1. The smallest absolute Gasteiger partial charge is 0.301 e. The third-order valence-corrected chi connectivity index (χ3v) is 5.39. The molecule has 8 heteroatoms. The standard InChI is InChI=1S/C24H21F4N3O/c25-22-15-18(17-5-2-1-3-6-17)8-13-23(22)30-14-4-7-21(16-32)31(30)29-20-11-9-19(10-12-20)24(26,27)28/h1-3,5-6,8-13,15-16,21,29H,4,7,14H2. The van der Waals surface area contributed by atoms with E-state index in [2.05, 4.69) is 5.43 Å². The Morgan fingerprint density at radius 3 is 2.28 bits per heavy atom. The van der Waals surface area contributed by atoms with E-state index in [4.69, 9.17) is 0 Å². The van der Waals surface area contributed by atoms with E-state index in [1.807, 2.05) is 30.3 Å². The molecule has 1 aliphatic heterocycles. The van der Waals surface area contributed by atoms with Crippen molar-refractivity contribution in [3.05, 3.63) is 84.2 Å². The van der Waals surface area contributed by atoms with Crippen molar-refractivity contribution in [3.8, 4) is 11.1 Å². The van der Waals surface area contributed by atoms with Gasteiger partial charge in [-0.05, 0) is 60.4 Å². The number of nitrogens with zero attached hydrogens (tertiary/aromatic N) is 2. The van der Waals surface area contributed by atoms with Gasteiger partial charge in [-0.15, -0.1) is 5.12 Å². The molecule has 0 spiro atoms. The summed E-state index contributed by atoms with van der Waals surface area (Å²) in [5.74, 6) is -0.461. The van der Waals surface area contributed by atoms with Crippen molar-refractivity contribution in [2.45, 2.75) is 25.1 Å². The maximum atomic E-state index is 15.1. The summed E-state index contributed by atoms with van der Waals surface area (Å²) >= 11 is 0. The molecular formula is C24H21F4N3O. The number of hydrogen-bond acceptors (Lipinski definition) is 4. The average molecular weight is 443 g/mol. The molecule has 1 aliphatic rings. The lowest BCUT2D eigenvalue weighted by atomic mass is 10.0. The van der Waals surface area contributed by atoms with E-state index in [0.717, 1.165) is 29.5 Å². The van der Waals surface area contributed by atoms with Crippen molar-refractivity contribution in [3.63, 3.8) is 0 Å². The van der Waals surface area contributed by atoms with Crippen LogP contribution in [-0.2, 0) is 11.0 Å². The van der Waals surface area contributed by atoms with Gasteiger partial charge in [-0.25, -0.2) is 4.39 Å². The fourth-order valence-electron chi connectivity index (χ4n) is 3.76. The van der Waals surface area contributed by atoms with Crippen LogP contribution in [-0.4, -0.2) is 24.0 Å². The molecule has 0 radical (unpaired) electrons. The van der Waals surface area contributed by atoms with Gasteiger partial charge in [-0.1, -0.05) is 36.4 Å². The lowest BCUT2D eigenvalue weighted by Gasteiger charge is -2.43. The summed E-state index contributed by atoms with van der Waals surface area (Å²) in [5, 5.41) is 3.10. The van der Waals surface area contributed by atoms with E-state index < -0.39 is 23.6 Å². The fraction of sp³-hybridized carbons (Fsp3) is 0.208. The van der Waals surface area contributed by atoms with Gasteiger partial charge in [-0.2, -0.15) is 13.2 Å². The van der Waals surface area contributed by atoms with Crippen LogP contribution in [0.15, 0.2) is 72.8 Å². The monoisotopic (exact) mass is 443 g/mol. The van der Waals surface area contributed by atoms with E-state index in [-0.39, 0.29) is 5.69 Å². The first kappa shape index (κ1) is 21.8. The van der Waals surface area contributed by atoms with Crippen LogP contribution in [0.4, 0.5) is 28.9 Å². The second kappa shape index (κ2) is 9.00. The van der Waals surface area contributed by atoms with Crippen molar-refractivity contribution in [2.75, 3.05) is 17.0 Å². The lowest BCUT2D eigenvalue weighted by Crippen LogP contribution is -2.56. The van der Waals surface area contributed by atoms with Crippen molar-refractivity contribution in [2.24, 2.45) is 0 Å². The zero-order chi connectivity index (χ0) is 22.7. The van der Waals surface area contributed by atoms with E-state index in [9.17, 15) is 18.0 Å². The zero-order valence-electron chi connectivity index (χ0n) is 17.0. The van der Waals surface area contributed by atoms with Gasteiger partial charge in [0.1, 0.15) is 18.1 Å². The Kier molecular flexibility index (Phi) is 6.14. The molecule has 3 aromatic carbocycles. The van der Waals surface area contributed by atoms with Gasteiger partial charge in [0, 0.05) is 6.54 Å². The van der Waals surface area contributed by atoms with Crippen LogP contribution in [0.5, 0.6) is 0 Å². The first-order valence-corrected chi connectivity index (χ1v) is 10.2. The van der Waals surface area contributed by atoms with Crippen LogP contribution in [0.2, 0.25) is 0 Å². The molecule has 1 fully saturated rings. The topological polar surface area (TPSA) is 35.6 Å². The summed E-state index contributed by atoms with van der Waals surface area (Å²) in [6, 6.07) is 18.2. The minimum Gasteiger partial charge on any atom is -0.301 e. The van der Waals surface area contributed by atoms with E-state index >= 15 is 4.39 Å². The van der Waals surface area contributed by atoms with Gasteiger partial charge in [0.15, 0.2) is 0 Å². The van der Waals surface area contributed by atoms with Crippen molar-refractivity contribution < 1.29 is 22.4 Å². The first-order valence-electron chi connectivity index (χ1n) is 10.2. The molecule has 1 saturated heterocycles. The highest BCUT2D eigenvalue weighted by atomic mass is 19.4. The van der Waals surface area contributed by atoms with Gasteiger partial charge >= 0.3 is 6.18 Å². The number of alkyl halides is 3. The van der Waals surface area contributed by atoms with Gasteiger partial charge in [0.2, 0.25) is 0 Å². The number of carbonyl (C=O) groups is 1. The second-order valence-corrected chi connectivity index (χ2v) is 7.53. The molecule has 0 bridgehead atoms. The van der Waals surface area contributed by atoms with Crippen LogP contribution >= 0.6 is 0 Å². The van der Waals surface area contributed by atoms with Gasteiger partial charge in [0.25, 0.3) is 0 Å². The summed E-state index contributed by atoms with van der Waals surface area (Å²) < 4.78 is 53.7. The summed E-state index contributed by atoms with van der Waals surface area (Å²) in [6.45, 7) is 0.444. The third kappa shape index (κ3) is 4.60.